The van der Waals surface area contributed by atoms with E-state index in [1.807, 2.05) is 24.7 Å². The minimum Gasteiger partial charge on any atom is -0.508 e. The smallest absolute Gasteiger partial charge is 0.188 e. The zero-order chi connectivity index (χ0) is 45.7. The van der Waals surface area contributed by atoms with Crippen LogP contribution in [0.1, 0.15) is 139 Å². The fraction of sp³-hybridized carbons (Fsp3) is 0.603. The van der Waals surface area contributed by atoms with Crippen LogP contribution in [0.2, 0.25) is 0 Å². The van der Waals surface area contributed by atoms with Crippen LogP contribution in [0, 0.1) is 46.3 Å². The third kappa shape index (κ3) is 9.37. The lowest BCUT2D eigenvalue weighted by Gasteiger charge is -2.59. The van der Waals surface area contributed by atoms with Crippen LogP contribution in [0.15, 0.2) is 107 Å². The first-order chi connectivity index (χ1) is 31.8. The van der Waals surface area contributed by atoms with Crippen molar-refractivity contribution in [3.8, 4) is 5.75 Å². The summed E-state index contributed by atoms with van der Waals surface area (Å²) in [6, 6.07) is 25.1. The highest BCUT2D eigenvalue weighted by Crippen LogP contribution is 2.69. The molecule has 5 aliphatic carbocycles. The Morgan fingerprint density at radius 3 is 2.55 bits per heavy atom. The number of hydrogen-bond acceptors (Lipinski definition) is 6. The molecule has 2 heterocycles. The second-order valence-corrected chi connectivity index (χ2v) is 23.2. The van der Waals surface area contributed by atoms with E-state index >= 15 is 0 Å². The number of furan rings is 1. The van der Waals surface area contributed by atoms with Gasteiger partial charge in [-0.25, -0.2) is 0 Å². The molecule has 10 rings (SSSR count). The lowest BCUT2D eigenvalue weighted by molar-refractivity contribution is -0.0829. The molecule has 3 aromatic carbocycles. The summed E-state index contributed by atoms with van der Waals surface area (Å²) in [6.45, 7) is 11.4. The van der Waals surface area contributed by atoms with Crippen LogP contribution in [0.3, 0.4) is 0 Å². The van der Waals surface area contributed by atoms with E-state index in [4.69, 9.17) is 26.5 Å². The maximum Gasteiger partial charge on any atom is 0.188 e. The van der Waals surface area contributed by atoms with Crippen LogP contribution in [0.4, 0.5) is 0 Å². The number of aliphatic hydroxyl groups is 2. The topological polar surface area (TPSA) is 137 Å². The van der Waals surface area contributed by atoms with Crippen LogP contribution in [0.5, 0.6) is 5.75 Å². The molecule has 66 heavy (non-hydrogen) atoms. The molecule has 1 spiro atoms. The Balaban J connectivity index is 0.817. The predicted molar refractivity (Wildman–Crippen MR) is 264 cm³/mol. The van der Waals surface area contributed by atoms with Gasteiger partial charge in [0.1, 0.15) is 5.75 Å². The standard InChI is InChI=1S/C58H77N3O5/c1-38-30-57(25-20-41(31-57)21-26-58(64)23-8-12-47(63)32-58)53-56(3,66-53)24-22-51-49(38)33-55(51,2)52-29-42(28-45(52)27-40-15-18-46(62)19-16-40)34-60-54(59)61-35-43(17-14-39-9-5-4-6-10-39)48-13-7-11-44-36-65-37-50(44)48/h4-7,9-11,13,15-16,18-19,36-37,41-43,45,47,49,51-53,62-64H,1,8,12,14,17,20-35H2,2-3H3,(H3,59,60,61)/t41-,42+,43+,45-,47-,49-,51-,52+,53-,55+,56-,57-,58+/m1/s1. The van der Waals surface area contributed by atoms with Crippen molar-refractivity contribution in [3.63, 3.8) is 0 Å². The van der Waals surface area contributed by atoms with Gasteiger partial charge in [-0.3, -0.25) is 4.99 Å². The molecule has 6 aliphatic rings. The molecule has 8 nitrogen and oxygen atoms in total. The summed E-state index contributed by atoms with van der Waals surface area (Å²) in [5.74, 6) is 4.37. The van der Waals surface area contributed by atoms with Crippen molar-refractivity contribution in [2.75, 3.05) is 13.1 Å². The Morgan fingerprint density at radius 2 is 1.73 bits per heavy atom. The van der Waals surface area contributed by atoms with Gasteiger partial charge in [0.05, 0.1) is 35.9 Å². The zero-order valence-electron chi connectivity index (χ0n) is 39.8. The van der Waals surface area contributed by atoms with Gasteiger partial charge in [0.25, 0.3) is 0 Å². The summed E-state index contributed by atoms with van der Waals surface area (Å²) < 4.78 is 12.5. The summed E-state index contributed by atoms with van der Waals surface area (Å²) in [6.07, 6.45) is 22.0. The van der Waals surface area contributed by atoms with Crippen LogP contribution in [0.25, 0.3) is 10.8 Å². The van der Waals surface area contributed by atoms with E-state index in [0.717, 1.165) is 87.9 Å². The number of nitrogens with one attached hydrogen (secondary N) is 1. The number of nitrogens with zero attached hydrogens (tertiary/aromatic N) is 1. The fourth-order valence-corrected chi connectivity index (χ4v) is 15.3. The number of aliphatic imine (C=N–C) groups is 1. The van der Waals surface area contributed by atoms with Crippen molar-refractivity contribution in [3.05, 3.63) is 114 Å². The molecule has 1 aromatic heterocycles. The van der Waals surface area contributed by atoms with Gasteiger partial charge in [-0.15, -0.1) is 0 Å². The minimum absolute atomic E-state index is 0.0672. The molecular weight excluding hydrogens is 819 g/mol. The Hall–Kier alpha value is -4.11. The maximum atomic E-state index is 11.4. The summed E-state index contributed by atoms with van der Waals surface area (Å²) >= 11 is 0. The van der Waals surface area contributed by atoms with E-state index in [1.165, 1.54) is 60.8 Å². The third-order valence-corrected chi connectivity index (χ3v) is 18.8. The number of aliphatic hydroxyl groups excluding tert-OH is 1. The van der Waals surface area contributed by atoms with Crippen LogP contribution in [-0.4, -0.2) is 57.8 Å². The van der Waals surface area contributed by atoms with E-state index in [9.17, 15) is 15.3 Å². The average molecular weight is 896 g/mol. The van der Waals surface area contributed by atoms with Crippen molar-refractivity contribution in [2.45, 2.75) is 159 Å². The first-order valence-electron chi connectivity index (χ1n) is 25.9. The van der Waals surface area contributed by atoms with Gasteiger partial charge in [0.2, 0.25) is 0 Å². The van der Waals surface area contributed by atoms with Crippen LogP contribution < -0.4 is 11.1 Å². The van der Waals surface area contributed by atoms with Crippen molar-refractivity contribution >= 4 is 16.7 Å². The number of aromatic hydroxyl groups is 1. The lowest BCUT2D eigenvalue weighted by Crippen LogP contribution is -2.52. The normalized spacial score (nSPS) is 37.1. The Labute approximate surface area is 393 Å². The van der Waals surface area contributed by atoms with Gasteiger partial charge in [0, 0.05) is 41.6 Å². The largest absolute Gasteiger partial charge is 0.508 e. The number of fused-ring (bicyclic) bond motifs is 4. The Morgan fingerprint density at radius 1 is 0.894 bits per heavy atom. The molecule has 6 N–H and O–H groups in total. The van der Waals surface area contributed by atoms with E-state index in [-0.39, 0.29) is 28.5 Å². The number of benzene rings is 3. The molecule has 0 bridgehead atoms. The van der Waals surface area contributed by atoms with Crippen LogP contribution in [-0.2, 0) is 17.6 Å². The van der Waals surface area contributed by atoms with E-state index in [1.54, 1.807) is 0 Å². The summed E-state index contributed by atoms with van der Waals surface area (Å²) in [4.78, 5) is 5.02. The van der Waals surface area contributed by atoms with Crippen molar-refractivity contribution in [1.82, 2.24) is 5.32 Å². The highest BCUT2D eigenvalue weighted by atomic mass is 16.6. The van der Waals surface area contributed by atoms with Gasteiger partial charge in [-0.2, -0.15) is 0 Å². The number of rotatable bonds is 14. The highest BCUT2D eigenvalue weighted by molar-refractivity contribution is 5.85. The second kappa shape index (κ2) is 18.4. The number of aryl methyl sites for hydroxylation is 1. The summed E-state index contributed by atoms with van der Waals surface area (Å²) in [5, 5.41) is 37.8. The van der Waals surface area contributed by atoms with E-state index in [2.05, 4.69) is 79.8 Å². The van der Waals surface area contributed by atoms with Crippen molar-refractivity contribution in [2.24, 2.45) is 57.1 Å². The molecular formula is C58H77N3O5. The molecule has 1 saturated heterocycles. The molecule has 4 aromatic rings. The highest BCUT2D eigenvalue weighted by Gasteiger charge is 2.67. The second-order valence-electron chi connectivity index (χ2n) is 23.2. The van der Waals surface area contributed by atoms with E-state index in [0.29, 0.717) is 66.3 Å². The zero-order valence-corrected chi connectivity index (χ0v) is 39.8. The maximum absolute atomic E-state index is 11.4. The fourth-order valence-electron chi connectivity index (χ4n) is 15.3. The summed E-state index contributed by atoms with van der Waals surface area (Å²) in [5.41, 5.74) is 11.7. The van der Waals surface area contributed by atoms with Crippen LogP contribution >= 0.6 is 0 Å². The molecule has 1 aliphatic heterocycles. The Bertz CT molecular complexity index is 2340. The average Bonchev–Trinajstić information content (AvgIpc) is 3.68. The minimum atomic E-state index is -0.706. The molecule has 0 radical (unpaired) electrons. The van der Waals surface area contributed by atoms with E-state index < -0.39 is 5.60 Å². The SMILES string of the molecule is C=C1C[C@@]2(CC[C@H](CC[C@@]3(O)CCC[C@@H](O)C3)C2)[C@@H]2O[C@]2(C)CC[C@@H]2[C@@H]1C[C@]2(C)[C@H]1C[C@@H](CNC(N)=NC[C@H](CCc2ccccc2)c2cccc3cocc23)C[C@H]1Cc1ccc(O)cc1. The number of ether oxygens (including phenoxy) is 1. The molecule has 13 atom stereocenters. The molecule has 8 heteroatoms. The van der Waals surface area contributed by atoms with Crippen molar-refractivity contribution in [1.29, 1.82) is 0 Å². The molecule has 0 unspecified atom stereocenters. The molecule has 6 fully saturated rings. The van der Waals surface area contributed by atoms with Gasteiger partial charge >= 0.3 is 0 Å². The van der Waals surface area contributed by atoms with Crippen molar-refractivity contribution < 1.29 is 24.5 Å². The number of phenolic OH excluding ortho intramolecular Hbond substituents is 1. The monoisotopic (exact) mass is 896 g/mol. The van der Waals surface area contributed by atoms with Gasteiger partial charge < -0.3 is 35.5 Å². The quantitative estimate of drug-likeness (QED) is 0.0368. The number of hydrogen-bond donors (Lipinski definition) is 5. The number of allylic oxidation sites excluding steroid dienone is 1. The number of nitrogens with two attached hydrogens (primary N) is 1. The summed E-state index contributed by atoms with van der Waals surface area (Å²) in [7, 11) is 0. The van der Waals surface area contributed by atoms with Gasteiger partial charge in [0.15, 0.2) is 5.96 Å². The number of guanidine groups is 1. The number of epoxide rings is 1. The molecule has 0 amide bonds. The Kier molecular flexibility index (Phi) is 12.7. The molecule has 5 saturated carbocycles. The molecule has 354 valence electrons. The van der Waals surface area contributed by atoms with Gasteiger partial charge in [-0.1, -0.05) is 79.7 Å². The third-order valence-electron chi connectivity index (χ3n) is 18.8. The first-order valence-corrected chi connectivity index (χ1v) is 25.9. The van der Waals surface area contributed by atoms with Gasteiger partial charge in [-0.05, 0) is 186 Å². The lowest BCUT2D eigenvalue weighted by atomic mass is 9.45. The first kappa shape index (κ1) is 45.7. The number of phenols is 1. The predicted octanol–water partition coefficient (Wildman–Crippen LogP) is 11.4.